The molecule has 0 N–H and O–H groups in total. The minimum Gasteiger partial charge on any atom is -0.264 e. The molecule has 0 spiro atoms. The Bertz CT molecular complexity index is 1030. The molecule has 0 aliphatic carbocycles. The van der Waals surface area contributed by atoms with Gasteiger partial charge in [0.1, 0.15) is 10.7 Å². The quantitative estimate of drug-likeness (QED) is 0.522. The predicted octanol–water partition coefficient (Wildman–Crippen LogP) is 3.53. The molecule has 4 aromatic heterocycles. The van der Waals surface area contributed by atoms with E-state index in [1.807, 2.05) is 23.9 Å². The van der Waals surface area contributed by atoms with Crippen LogP contribution in [0.3, 0.4) is 0 Å². The molecule has 0 amide bonds. The van der Waals surface area contributed by atoms with E-state index in [1.54, 1.807) is 16.9 Å². The van der Waals surface area contributed by atoms with Gasteiger partial charge >= 0.3 is 0 Å². The Kier molecular flexibility index (Phi) is 3.69. The normalized spacial score (nSPS) is 11.7. The van der Waals surface area contributed by atoms with Crippen LogP contribution >= 0.6 is 27.3 Å². The van der Waals surface area contributed by atoms with Crippen molar-refractivity contribution >= 4 is 32.2 Å². The van der Waals surface area contributed by atoms with Gasteiger partial charge in [-0.25, -0.2) is 0 Å². The smallest absolute Gasteiger partial charge is 0.235 e. The molecule has 0 saturated heterocycles. The molecule has 0 aromatic carbocycles. The number of fused-ring (bicyclic) bond motifs is 1. The van der Waals surface area contributed by atoms with Crippen molar-refractivity contribution in [2.75, 3.05) is 0 Å². The zero-order valence-electron chi connectivity index (χ0n) is 13.3. The second-order valence-corrected chi connectivity index (χ2v) is 7.62. The highest BCUT2D eigenvalue weighted by Crippen LogP contribution is 2.29. The molecule has 0 aliphatic heterocycles. The Hall–Kier alpha value is -2.13. The van der Waals surface area contributed by atoms with Crippen molar-refractivity contribution < 1.29 is 0 Å². The summed E-state index contributed by atoms with van der Waals surface area (Å²) in [7, 11) is 1.91. The number of pyridine rings is 1. The fourth-order valence-corrected chi connectivity index (χ4v) is 3.59. The van der Waals surface area contributed by atoms with Gasteiger partial charge in [0.2, 0.25) is 10.8 Å². The molecule has 7 nitrogen and oxygen atoms in total. The molecule has 0 fully saturated rings. The Balaban J connectivity index is 1.83. The number of aryl methyl sites for hydroxylation is 1. The van der Waals surface area contributed by atoms with E-state index >= 15 is 0 Å². The van der Waals surface area contributed by atoms with Crippen LogP contribution in [0.15, 0.2) is 29.0 Å². The summed E-state index contributed by atoms with van der Waals surface area (Å²) in [5, 5.41) is 18.6. The first-order valence-electron chi connectivity index (χ1n) is 7.40. The van der Waals surface area contributed by atoms with Gasteiger partial charge in [-0.1, -0.05) is 25.2 Å². The molecule has 0 atom stereocenters. The molecule has 4 rings (SSSR count). The summed E-state index contributed by atoms with van der Waals surface area (Å²) in [5.41, 5.74) is 2.87. The van der Waals surface area contributed by atoms with E-state index < -0.39 is 0 Å². The molecular formula is C15H14BrN7S. The van der Waals surface area contributed by atoms with E-state index in [2.05, 4.69) is 55.2 Å². The van der Waals surface area contributed by atoms with E-state index in [4.69, 9.17) is 0 Å². The van der Waals surface area contributed by atoms with Gasteiger partial charge in [-0.3, -0.25) is 9.67 Å². The monoisotopic (exact) mass is 403 g/mol. The summed E-state index contributed by atoms with van der Waals surface area (Å²) < 4.78 is 4.51. The lowest BCUT2D eigenvalue weighted by atomic mass is 10.1. The maximum atomic E-state index is 4.66. The molecule has 4 aromatic rings. The van der Waals surface area contributed by atoms with Gasteiger partial charge in [0.05, 0.1) is 5.69 Å². The van der Waals surface area contributed by atoms with Crippen molar-refractivity contribution in [3.8, 4) is 22.1 Å². The number of hydrogen-bond acceptors (Lipinski definition) is 6. The lowest BCUT2D eigenvalue weighted by Gasteiger charge is -1.97. The Morgan fingerprint density at radius 3 is 2.67 bits per heavy atom. The third kappa shape index (κ3) is 2.53. The second kappa shape index (κ2) is 5.75. The van der Waals surface area contributed by atoms with Crippen molar-refractivity contribution in [2.45, 2.75) is 19.8 Å². The van der Waals surface area contributed by atoms with Crippen molar-refractivity contribution in [3.05, 3.63) is 34.7 Å². The first-order chi connectivity index (χ1) is 11.5. The second-order valence-electron chi connectivity index (χ2n) is 5.75. The average Bonchev–Trinajstić information content (AvgIpc) is 3.20. The molecule has 9 heteroatoms. The van der Waals surface area contributed by atoms with E-state index in [0.29, 0.717) is 11.7 Å². The molecule has 0 unspecified atom stereocenters. The maximum absolute atomic E-state index is 4.66. The number of halogens is 1. The van der Waals surface area contributed by atoms with Crippen LogP contribution in [0, 0.1) is 0 Å². The Labute approximate surface area is 150 Å². The van der Waals surface area contributed by atoms with Crippen LogP contribution in [0.1, 0.15) is 25.5 Å². The zero-order chi connectivity index (χ0) is 16.8. The summed E-state index contributed by atoms with van der Waals surface area (Å²) in [4.78, 5) is 4.94. The largest absolute Gasteiger partial charge is 0.264 e. The van der Waals surface area contributed by atoms with Crippen LogP contribution < -0.4 is 0 Å². The lowest BCUT2D eigenvalue weighted by molar-refractivity contribution is 0.713. The third-order valence-electron chi connectivity index (χ3n) is 3.66. The highest BCUT2D eigenvalue weighted by Gasteiger charge is 2.19. The van der Waals surface area contributed by atoms with Gasteiger partial charge in [0.15, 0.2) is 0 Å². The van der Waals surface area contributed by atoms with Crippen LogP contribution in [0.5, 0.6) is 0 Å². The molecule has 0 aliphatic rings. The van der Waals surface area contributed by atoms with Crippen LogP contribution in [-0.2, 0) is 7.05 Å². The minimum atomic E-state index is 0.354. The summed E-state index contributed by atoms with van der Waals surface area (Å²) in [6.45, 7) is 4.24. The van der Waals surface area contributed by atoms with Crippen LogP contribution in [0.4, 0.5) is 0 Å². The van der Waals surface area contributed by atoms with Crippen molar-refractivity contribution in [3.63, 3.8) is 0 Å². The van der Waals surface area contributed by atoms with E-state index in [-0.39, 0.29) is 0 Å². The van der Waals surface area contributed by atoms with Gasteiger partial charge in [0.25, 0.3) is 0 Å². The highest BCUT2D eigenvalue weighted by atomic mass is 79.9. The summed E-state index contributed by atoms with van der Waals surface area (Å²) in [6, 6.07) is 4.03. The SMILES string of the molecule is CC(C)c1cc(-c2nnc3sc(-c4cncc(Br)c4)nn23)n(C)n1. The van der Waals surface area contributed by atoms with Crippen molar-refractivity contribution in [1.29, 1.82) is 0 Å². The highest BCUT2D eigenvalue weighted by molar-refractivity contribution is 9.10. The van der Waals surface area contributed by atoms with Crippen LogP contribution in [-0.4, -0.2) is 34.6 Å². The van der Waals surface area contributed by atoms with Crippen LogP contribution in [0.25, 0.3) is 27.1 Å². The van der Waals surface area contributed by atoms with Crippen molar-refractivity contribution in [2.24, 2.45) is 7.05 Å². The fourth-order valence-electron chi connectivity index (χ4n) is 2.40. The molecule has 4 heterocycles. The number of nitrogens with zero attached hydrogens (tertiary/aromatic N) is 7. The van der Waals surface area contributed by atoms with Gasteiger partial charge in [-0.15, -0.1) is 10.2 Å². The first-order valence-corrected chi connectivity index (χ1v) is 9.01. The van der Waals surface area contributed by atoms with Crippen molar-refractivity contribution in [1.82, 2.24) is 34.6 Å². The lowest BCUT2D eigenvalue weighted by Crippen LogP contribution is -1.99. The van der Waals surface area contributed by atoms with Gasteiger partial charge in [-0.2, -0.15) is 14.7 Å². The Morgan fingerprint density at radius 1 is 1.12 bits per heavy atom. The zero-order valence-corrected chi connectivity index (χ0v) is 15.7. The topological polar surface area (TPSA) is 73.8 Å². The minimum absolute atomic E-state index is 0.354. The van der Waals surface area contributed by atoms with E-state index in [1.165, 1.54) is 11.3 Å². The molecule has 0 bridgehead atoms. The first kappa shape index (κ1) is 15.4. The summed E-state index contributed by atoms with van der Waals surface area (Å²) in [5.74, 6) is 1.05. The molecular weight excluding hydrogens is 390 g/mol. The number of rotatable bonds is 3. The maximum Gasteiger partial charge on any atom is 0.235 e. The van der Waals surface area contributed by atoms with E-state index in [9.17, 15) is 0 Å². The summed E-state index contributed by atoms with van der Waals surface area (Å²) >= 11 is 4.92. The van der Waals surface area contributed by atoms with Gasteiger partial charge in [-0.05, 0) is 34.0 Å². The fraction of sp³-hybridized carbons (Fsp3) is 0.267. The van der Waals surface area contributed by atoms with E-state index in [0.717, 1.165) is 31.4 Å². The molecule has 0 radical (unpaired) electrons. The standard InChI is InChI=1S/C15H14BrN7S/c1-8(2)11-5-12(22(3)20-11)13-18-19-15-23(13)21-14(24-15)9-4-10(16)7-17-6-9/h4-8H,1-3H3. The predicted molar refractivity (Wildman–Crippen MR) is 95.9 cm³/mol. The summed E-state index contributed by atoms with van der Waals surface area (Å²) in [6.07, 6.45) is 3.54. The average molecular weight is 404 g/mol. The van der Waals surface area contributed by atoms with Crippen LogP contribution in [0.2, 0.25) is 0 Å². The Morgan fingerprint density at radius 2 is 1.96 bits per heavy atom. The molecule has 24 heavy (non-hydrogen) atoms. The van der Waals surface area contributed by atoms with Gasteiger partial charge in [0, 0.05) is 29.5 Å². The molecule has 122 valence electrons. The van der Waals surface area contributed by atoms with Gasteiger partial charge < -0.3 is 0 Å². The number of hydrogen-bond donors (Lipinski definition) is 0. The number of aromatic nitrogens is 7. The molecule has 0 saturated carbocycles. The third-order valence-corrected chi connectivity index (χ3v) is 5.04.